The first-order valence-electron chi connectivity index (χ1n) is 4.62. The molecule has 74 valence electrons. The predicted molar refractivity (Wildman–Crippen MR) is 55.9 cm³/mol. The van der Waals surface area contributed by atoms with Gasteiger partial charge >= 0.3 is 0 Å². The summed E-state index contributed by atoms with van der Waals surface area (Å²) in [5.74, 6) is 0.951. The molecule has 0 aliphatic rings. The molecule has 0 bridgehead atoms. The van der Waals surface area contributed by atoms with Gasteiger partial charge in [0.15, 0.2) is 0 Å². The molecule has 1 N–H and O–H groups in total. The van der Waals surface area contributed by atoms with Gasteiger partial charge in [0.2, 0.25) is 5.95 Å². The molecule has 1 aromatic rings. The Hall–Kier alpha value is -0.990. The van der Waals surface area contributed by atoms with Crippen molar-refractivity contribution < 1.29 is 0 Å². The highest BCUT2D eigenvalue weighted by Crippen LogP contribution is 2.14. The Morgan fingerprint density at radius 3 is 2.46 bits per heavy atom. The Kier molecular flexibility index (Phi) is 2.64. The second-order valence-corrected chi connectivity index (χ2v) is 4.73. The average molecular weight is 181 g/mol. The van der Waals surface area contributed by atoms with E-state index in [-0.39, 0.29) is 0 Å². The average Bonchev–Trinajstić information content (AvgIpc) is 2.24. The summed E-state index contributed by atoms with van der Waals surface area (Å²) in [4.78, 5) is 4.37. The van der Waals surface area contributed by atoms with Crippen LogP contribution in [0.4, 0.5) is 5.95 Å². The minimum absolute atomic E-state index is 0.292. The number of rotatable bonds is 2. The van der Waals surface area contributed by atoms with Crippen molar-refractivity contribution in [1.82, 2.24) is 9.55 Å². The Labute approximate surface area is 80.2 Å². The molecule has 0 amide bonds. The van der Waals surface area contributed by atoms with Crippen LogP contribution in [0.15, 0.2) is 6.20 Å². The van der Waals surface area contributed by atoms with Crippen molar-refractivity contribution in [3.05, 3.63) is 11.9 Å². The first kappa shape index (κ1) is 10.1. The molecule has 0 aromatic carbocycles. The summed E-state index contributed by atoms with van der Waals surface area (Å²) in [6.07, 6.45) is 2.02. The molecule has 0 saturated carbocycles. The van der Waals surface area contributed by atoms with Crippen molar-refractivity contribution in [1.29, 1.82) is 0 Å². The van der Waals surface area contributed by atoms with E-state index in [9.17, 15) is 0 Å². The molecule has 13 heavy (non-hydrogen) atoms. The van der Waals surface area contributed by atoms with Crippen LogP contribution in [-0.4, -0.2) is 16.1 Å². The maximum atomic E-state index is 4.37. The number of aromatic nitrogens is 2. The van der Waals surface area contributed by atoms with Crippen molar-refractivity contribution in [2.45, 2.75) is 27.7 Å². The van der Waals surface area contributed by atoms with Gasteiger partial charge in [-0.15, -0.1) is 0 Å². The van der Waals surface area contributed by atoms with Gasteiger partial charge in [-0.1, -0.05) is 20.8 Å². The Balaban J connectivity index is 2.59. The minimum Gasteiger partial charge on any atom is -0.355 e. The van der Waals surface area contributed by atoms with E-state index in [0.717, 1.165) is 18.2 Å². The van der Waals surface area contributed by atoms with Crippen molar-refractivity contribution in [3.8, 4) is 0 Å². The van der Waals surface area contributed by atoms with E-state index < -0.39 is 0 Å². The summed E-state index contributed by atoms with van der Waals surface area (Å²) in [5, 5.41) is 3.33. The van der Waals surface area contributed by atoms with Gasteiger partial charge in [0.1, 0.15) is 0 Å². The molecule has 0 aliphatic heterocycles. The highest BCUT2D eigenvalue weighted by atomic mass is 15.2. The van der Waals surface area contributed by atoms with E-state index in [0.29, 0.717) is 5.41 Å². The predicted octanol–water partition coefficient (Wildman–Crippen LogP) is 2.19. The van der Waals surface area contributed by atoms with Gasteiger partial charge in [0.05, 0.1) is 5.69 Å². The fraction of sp³-hybridized carbons (Fsp3) is 0.700. The summed E-state index contributed by atoms with van der Waals surface area (Å²) in [6.45, 7) is 9.56. The summed E-state index contributed by atoms with van der Waals surface area (Å²) in [6, 6.07) is 0. The molecule has 0 fully saturated rings. The van der Waals surface area contributed by atoms with E-state index in [2.05, 4.69) is 31.1 Å². The lowest BCUT2D eigenvalue weighted by atomic mass is 9.97. The molecular weight excluding hydrogens is 162 g/mol. The maximum Gasteiger partial charge on any atom is 0.202 e. The van der Waals surface area contributed by atoms with Gasteiger partial charge in [-0.05, 0) is 12.3 Å². The van der Waals surface area contributed by atoms with Crippen LogP contribution >= 0.6 is 0 Å². The highest BCUT2D eigenvalue weighted by Gasteiger charge is 2.11. The van der Waals surface area contributed by atoms with Crippen LogP contribution in [0.3, 0.4) is 0 Å². The molecular formula is C10H19N3. The molecule has 0 unspecified atom stereocenters. The first-order valence-corrected chi connectivity index (χ1v) is 4.62. The van der Waals surface area contributed by atoms with Crippen LogP contribution in [0.25, 0.3) is 0 Å². The van der Waals surface area contributed by atoms with Crippen molar-refractivity contribution >= 4 is 5.95 Å². The van der Waals surface area contributed by atoms with Crippen LogP contribution in [0, 0.1) is 12.3 Å². The third-order valence-electron chi connectivity index (χ3n) is 1.77. The monoisotopic (exact) mass is 181 g/mol. The smallest absolute Gasteiger partial charge is 0.202 e. The van der Waals surface area contributed by atoms with E-state index in [1.807, 2.05) is 24.7 Å². The van der Waals surface area contributed by atoms with Crippen LogP contribution in [0.1, 0.15) is 26.5 Å². The van der Waals surface area contributed by atoms with E-state index in [1.165, 1.54) is 0 Å². The summed E-state index contributed by atoms with van der Waals surface area (Å²) in [5.41, 5.74) is 1.35. The Morgan fingerprint density at radius 2 is 2.08 bits per heavy atom. The largest absolute Gasteiger partial charge is 0.355 e. The number of imidazole rings is 1. The first-order chi connectivity index (χ1) is 5.88. The lowest BCUT2D eigenvalue weighted by Crippen LogP contribution is -2.20. The van der Waals surface area contributed by atoms with Crippen molar-refractivity contribution in [2.24, 2.45) is 12.5 Å². The number of aryl methyl sites for hydroxylation is 2. The Morgan fingerprint density at radius 1 is 1.46 bits per heavy atom. The molecule has 1 heterocycles. The zero-order valence-corrected chi connectivity index (χ0v) is 9.18. The van der Waals surface area contributed by atoms with E-state index in [1.54, 1.807) is 0 Å². The fourth-order valence-corrected chi connectivity index (χ4v) is 1.12. The van der Waals surface area contributed by atoms with Crippen LogP contribution < -0.4 is 5.32 Å². The fourth-order valence-electron chi connectivity index (χ4n) is 1.12. The minimum atomic E-state index is 0.292. The van der Waals surface area contributed by atoms with Crippen LogP contribution in [-0.2, 0) is 7.05 Å². The standard InChI is InChI=1S/C10H19N3/c1-8-6-13(5)9(12-8)11-7-10(2,3)4/h6H,7H2,1-5H3,(H,11,12). The van der Waals surface area contributed by atoms with Gasteiger partial charge in [-0.25, -0.2) is 4.98 Å². The summed E-state index contributed by atoms with van der Waals surface area (Å²) >= 11 is 0. The second-order valence-electron chi connectivity index (χ2n) is 4.73. The lowest BCUT2D eigenvalue weighted by Gasteiger charge is -2.18. The zero-order chi connectivity index (χ0) is 10.1. The lowest BCUT2D eigenvalue weighted by molar-refractivity contribution is 0.441. The van der Waals surface area contributed by atoms with Gasteiger partial charge < -0.3 is 9.88 Å². The summed E-state index contributed by atoms with van der Waals surface area (Å²) < 4.78 is 2.01. The molecule has 0 aliphatic carbocycles. The number of hydrogen-bond acceptors (Lipinski definition) is 2. The number of anilines is 1. The molecule has 3 heteroatoms. The summed E-state index contributed by atoms with van der Waals surface area (Å²) in [7, 11) is 2.00. The van der Waals surface area contributed by atoms with Crippen LogP contribution in [0.2, 0.25) is 0 Å². The molecule has 0 radical (unpaired) electrons. The topological polar surface area (TPSA) is 29.9 Å². The third kappa shape index (κ3) is 3.09. The number of nitrogens with zero attached hydrogens (tertiary/aromatic N) is 2. The Bertz CT molecular complexity index is 281. The van der Waals surface area contributed by atoms with Crippen molar-refractivity contribution in [2.75, 3.05) is 11.9 Å². The third-order valence-corrected chi connectivity index (χ3v) is 1.77. The highest BCUT2D eigenvalue weighted by molar-refractivity contribution is 5.28. The molecule has 1 aromatic heterocycles. The van der Waals surface area contributed by atoms with E-state index in [4.69, 9.17) is 0 Å². The van der Waals surface area contributed by atoms with Gasteiger partial charge in [0, 0.05) is 19.8 Å². The molecule has 3 nitrogen and oxygen atoms in total. The maximum absolute atomic E-state index is 4.37. The van der Waals surface area contributed by atoms with Crippen LogP contribution in [0.5, 0.6) is 0 Å². The molecule has 1 rings (SSSR count). The van der Waals surface area contributed by atoms with E-state index >= 15 is 0 Å². The SMILES string of the molecule is Cc1cn(C)c(NCC(C)(C)C)n1. The second kappa shape index (κ2) is 3.40. The normalized spacial score (nSPS) is 11.8. The number of nitrogens with one attached hydrogen (secondary N) is 1. The molecule has 0 spiro atoms. The van der Waals surface area contributed by atoms with Gasteiger partial charge in [-0.3, -0.25) is 0 Å². The van der Waals surface area contributed by atoms with Gasteiger partial charge in [-0.2, -0.15) is 0 Å². The van der Waals surface area contributed by atoms with Crippen molar-refractivity contribution in [3.63, 3.8) is 0 Å². The molecule has 0 saturated heterocycles. The zero-order valence-electron chi connectivity index (χ0n) is 9.18. The molecule has 0 atom stereocenters. The van der Waals surface area contributed by atoms with Gasteiger partial charge in [0.25, 0.3) is 0 Å². The quantitative estimate of drug-likeness (QED) is 0.758. The number of hydrogen-bond donors (Lipinski definition) is 1.